The number of hydrogen-bond donors (Lipinski definition) is 0. The summed E-state index contributed by atoms with van der Waals surface area (Å²) in [6.07, 6.45) is 13.3. The Morgan fingerprint density at radius 3 is 2.29 bits per heavy atom. The zero-order chi connectivity index (χ0) is 22.1. The first kappa shape index (κ1) is 23.4. The van der Waals surface area contributed by atoms with Crippen LogP contribution in [-0.2, 0) is 12.1 Å². The molecule has 1 unspecified atom stereocenters. The monoisotopic (exact) mass is 426 g/mol. The lowest BCUT2D eigenvalue weighted by Gasteiger charge is -2.31. The van der Waals surface area contributed by atoms with Gasteiger partial charge in [0, 0.05) is 12.0 Å². The van der Waals surface area contributed by atoms with E-state index in [1.165, 1.54) is 75.3 Å². The topological polar surface area (TPSA) is 0 Å². The normalized spacial score (nSPS) is 18.6. The van der Waals surface area contributed by atoms with Crippen molar-refractivity contribution in [1.29, 1.82) is 0 Å². The molecule has 0 bridgehead atoms. The average Bonchev–Trinajstić information content (AvgIpc) is 2.77. The summed E-state index contributed by atoms with van der Waals surface area (Å²) in [5.41, 5.74) is 0.314. The predicted molar refractivity (Wildman–Crippen MR) is 124 cm³/mol. The number of unbranched alkanes of at least 4 members (excludes halogenated alkanes) is 7. The van der Waals surface area contributed by atoms with Crippen molar-refractivity contribution >= 4 is 5.57 Å². The number of alkyl halides is 1. The maximum Gasteiger partial charge on any atom is 0.165 e. The first-order valence-corrected chi connectivity index (χ1v) is 11.6. The smallest absolute Gasteiger partial charge is 0.165 e. The number of allylic oxidation sites excluding steroid dienone is 4. The van der Waals surface area contributed by atoms with Gasteiger partial charge in [-0.05, 0) is 53.8 Å². The molecular formula is C28H33F3. The molecule has 0 aromatic heterocycles. The Bertz CT molecular complexity index is 912. The molecule has 0 amide bonds. The highest BCUT2D eigenvalue weighted by atomic mass is 19.1. The number of benzene rings is 2. The molecule has 0 saturated carbocycles. The quantitative estimate of drug-likeness (QED) is 0.314. The van der Waals surface area contributed by atoms with Gasteiger partial charge in [0.25, 0.3) is 0 Å². The van der Waals surface area contributed by atoms with Gasteiger partial charge < -0.3 is 0 Å². The van der Waals surface area contributed by atoms with Gasteiger partial charge in [-0.25, -0.2) is 13.2 Å². The van der Waals surface area contributed by atoms with E-state index in [4.69, 9.17) is 0 Å². The molecule has 2 aromatic carbocycles. The van der Waals surface area contributed by atoms with Gasteiger partial charge in [0.15, 0.2) is 5.67 Å². The lowest BCUT2D eigenvalue weighted by molar-refractivity contribution is 0.246. The van der Waals surface area contributed by atoms with Gasteiger partial charge in [-0.1, -0.05) is 88.3 Å². The maximum atomic E-state index is 16.2. The summed E-state index contributed by atoms with van der Waals surface area (Å²) in [7, 11) is 0. The van der Waals surface area contributed by atoms with Crippen LogP contribution in [0.2, 0.25) is 0 Å². The molecule has 1 atom stereocenters. The predicted octanol–water partition coefficient (Wildman–Crippen LogP) is 9.01. The van der Waals surface area contributed by atoms with Crippen molar-refractivity contribution in [1.82, 2.24) is 0 Å². The lowest BCUT2D eigenvalue weighted by Crippen LogP contribution is -2.24. The van der Waals surface area contributed by atoms with Crippen molar-refractivity contribution in [3.8, 4) is 0 Å². The van der Waals surface area contributed by atoms with E-state index in [2.05, 4.69) is 6.92 Å². The summed E-state index contributed by atoms with van der Waals surface area (Å²) in [6, 6.07) is 13.3. The van der Waals surface area contributed by atoms with Gasteiger partial charge in [0.05, 0.1) is 0 Å². The molecule has 0 aliphatic heterocycles. The Balaban J connectivity index is 1.68. The fourth-order valence-corrected chi connectivity index (χ4v) is 4.34. The highest BCUT2D eigenvalue weighted by molar-refractivity contribution is 5.77. The number of hydrogen-bond acceptors (Lipinski definition) is 0. The minimum atomic E-state index is -1.95. The molecule has 2 aromatic rings. The van der Waals surface area contributed by atoms with Crippen LogP contribution < -0.4 is 0 Å². The van der Waals surface area contributed by atoms with Gasteiger partial charge in [0.2, 0.25) is 0 Å². The molecule has 0 fully saturated rings. The molecule has 0 N–H and O–H groups in total. The van der Waals surface area contributed by atoms with Gasteiger partial charge >= 0.3 is 0 Å². The van der Waals surface area contributed by atoms with E-state index in [9.17, 15) is 8.78 Å². The Morgan fingerprint density at radius 1 is 0.839 bits per heavy atom. The lowest BCUT2D eigenvalue weighted by atomic mass is 9.78. The Kier molecular flexibility index (Phi) is 8.57. The second kappa shape index (κ2) is 11.4. The largest absolute Gasteiger partial charge is 0.233 e. The van der Waals surface area contributed by atoms with Crippen LogP contribution in [0.5, 0.6) is 0 Å². The van der Waals surface area contributed by atoms with Crippen LogP contribution in [0.15, 0.2) is 66.5 Å². The molecule has 0 heterocycles. The van der Waals surface area contributed by atoms with Crippen molar-refractivity contribution in [3.05, 3.63) is 89.0 Å². The molecular weight excluding hydrogens is 393 g/mol. The van der Waals surface area contributed by atoms with Crippen LogP contribution in [-0.4, -0.2) is 0 Å². The standard InChI is InChI=1S/C28H33F3/c1-2-3-4-5-6-7-8-9-12-22-13-10-14-23(19-22)27-21-26(30)17-18-28(27,31)24-15-11-16-25(29)20-24/h10-11,13-17,19-21H,2-9,12,18H2,1H3. The van der Waals surface area contributed by atoms with Gasteiger partial charge in [-0.3, -0.25) is 0 Å². The van der Waals surface area contributed by atoms with E-state index >= 15 is 4.39 Å². The fourth-order valence-electron chi connectivity index (χ4n) is 4.34. The summed E-state index contributed by atoms with van der Waals surface area (Å²) >= 11 is 0. The van der Waals surface area contributed by atoms with Crippen LogP contribution in [0.25, 0.3) is 5.57 Å². The molecule has 1 aliphatic carbocycles. The summed E-state index contributed by atoms with van der Waals surface area (Å²) in [4.78, 5) is 0. The third-order valence-corrected chi connectivity index (χ3v) is 6.13. The van der Waals surface area contributed by atoms with E-state index in [0.29, 0.717) is 5.56 Å². The first-order chi connectivity index (χ1) is 15.0. The highest BCUT2D eigenvalue weighted by Crippen LogP contribution is 2.46. The Hall–Kier alpha value is -2.29. The Morgan fingerprint density at radius 2 is 1.55 bits per heavy atom. The zero-order valence-electron chi connectivity index (χ0n) is 18.5. The second-order valence-electron chi connectivity index (χ2n) is 8.59. The molecule has 1 aliphatic rings. The highest BCUT2D eigenvalue weighted by Gasteiger charge is 2.39. The van der Waals surface area contributed by atoms with E-state index in [1.807, 2.05) is 24.3 Å². The van der Waals surface area contributed by atoms with E-state index in [1.54, 1.807) is 6.07 Å². The van der Waals surface area contributed by atoms with Crippen LogP contribution in [0.3, 0.4) is 0 Å². The van der Waals surface area contributed by atoms with Gasteiger partial charge in [-0.2, -0.15) is 0 Å². The molecule has 3 rings (SSSR count). The van der Waals surface area contributed by atoms with Crippen LogP contribution in [0, 0.1) is 5.82 Å². The van der Waals surface area contributed by atoms with Crippen molar-refractivity contribution in [2.24, 2.45) is 0 Å². The van der Waals surface area contributed by atoms with E-state index < -0.39 is 17.3 Å². The third-order valence-electron chi connectivity index (χ3n) is 6.13. The van der Waals surface area contributed by atoms with Crippen molar-refractivity contribution in [2.75, 3.05) is 0 Å². The van der Waals surface area contributed by atoms with E-state index in [-0.39, 0.29) is 17.6 Å². The summed E-state index contributed by atoms with van der Waals surface area (Å²) < 4.78 is 44.1. The summed E-state index contributed by atoms with van der Waals surface area (Å²) in [5.74, 6) is -0.944. The number of halogens is 3. The van der Waals surface area contributed by atoms with Crippen molar-refractivity contribution in [2.45, 2.75) is 76.8 Å². The molecule has 166 valence electrons. The van der Waals surface area contributed by atoms with Crippen LogP contribution in [0.1, 0.15) is 81.4 Å². The zero-order valence-corrected chi connectivity index (χ0v) is 18.5. The third kappa shape index (κ3) is 6.35. The number of aryl methyl sites for hydroxylation is 1. The van der Waals surface area contributed by atoms with Gasteiger partial charge in [0.1, 0.15) is 11.6 Å². The summed E-state index contributed by atoms with van der Waals surface area (Å²) in [6.45, 7) is 2.23. The average molecular weight is 427 g/mol. The number of rotatable bonds is 11. The van der Waals surface area contributed by atoms with Crippen molar-refractivity contribution in [3.63, 3.8) is 0 Å². The minimum absolute atomic E-state index is 0.142. The van der Waals surface area contributed by atoms with Crippen molar-refractivity contribution < 1.29 is 13.2 Å². The van der Waals surface area contributed by atoms with Gasteiger partial charge in [-0.15, -0.1) is 0 Å². The minimum Gasteiger partial charge on any atom is -0.233 e. The molecule has 0 spiro atoms. The molecule has 0 nitrogen and oxygen atoms in total. The molecule has 0 radical (unpaired) electrons. The van der Waals surface area contributed by atoms with Crippen LogP contribution >= 0.6 is 0 Å². The molecule has 31 heavy (non-hydrogen) atoms. The molecule has 0 saturated heterocycles. The second-order valence-corrected chi connectivity index (χ2v) is 8.59. The summed E-state index contributed by atoms with van der Waals surface area (Å²) in [5, 5.41) is 0. The maximum absolute atomic E-state index is 16.2. The van der Waals surface area contributed by atoms with Crippen LogP contribution in [0.4, 0.5) is 13.2 Å². The molecule has 3 heteroatoms. The SMILES string of the molecule is CCCCCCCCCCc1cccc(C2=CC(F)=CCC2(F)c2cccc(F)c2)c1. The van der Waals surface area contributed by atoms with E-state index in [0.717, 1.165) is 18.4 Å². The fraction of sp³-hybridized carbons (Fsp3) is 0.429. The first-order valence-electron chi connectivity index (χ1n) is 11.6. The Labute approximate surface area is 184 Å².